The van der Waals surface area contributed by atoms with Crippen molar-refractivity contribution in [1.82, 2.24) is 29.5 Å². The molecule has 1 fully saturated rings. The van der Waals surface area contributed by atoms with Gasteiger partial charge in [0.15, 0.2) is 0 Å². The number of hydrogen-bond acceptors (Lipinski definition) is 5. The number of likely N-dealkylation sites (tertiary alicyclic amines) is 1. The van der Waals surface area contributed by atoms with Crippen LogP contribution in [0.15, 0.2) is 17.1 Å². The number of hydrogen-bond donors (Lipinski definition) is 1. The number of aromatic nitrogens is 4. The number of carbonyl (C=O) groups is 2. The first-order valence-corrected chi connectivity index (χ1v) is 10.8. The van der Waals surface area contributed by atoms with Gasteiger partial charge in [0, 0.05) is 38.7 Å². The van der Waals surface area contributed by atoms with Crippen molar-refractivity contribution in [2.75, 3.05) is 13.1 Å². The second kappa shape index (κ2) is 8.41. The van der Waals surface area contributed by atoms with Crippen LogP contribution in [0, 0.1) is 0 Å². The average Bonchev–Trinajstić information content (AvgIpc) is 3.42. The van der Waals surface area contributed by atoms with Gasteiger partial charge in [-0.1, -0.05) is 6.92 Å². The van der Waals surface area contributed by atoms with Crippen LogP contribution in [-0.2, 0) is 24.3 Å². The number of aryl methyl sites for hydroxylation is 1. The molecule has 2 aromatic heterocycles. The van der Waals surface area contributed by atoms with E-state index >= 15 is 0 Å². The molecule has 2 amide bonds. The number of fused-ring (bicyclic) bond motifs is 1. The van der Waals surface area contributed by atoms with E-state index in [-0.39, 0.29) is 30.0 Å². The highest BCUT2D eigenvalue weighted by molar-refractivity contribution is 5.92. The van der Waals surface area contributed by atoms with Gasteiger partial charge in [-0.25, -0.2) is 4.98 Å². The molecule has 0 radical (unpaired) electrons. The summed E-state index contributed by atoms with van der Waals surface area (Å²) < 4.78 is 1.66. The third kappa shape index (κ3) is 3.64. The molecule has 30 heavy (non-hydrogen) atoms. The number of nitrogens with zero attached hydrogens (tertiary/aromatic N) is 5. The SMILES string of the molecule is CCCC(=O)N1CCCC1c1nc2c(c(=O)[nH]1)CN(C(=O)c1ccnn1CC)CC2. The van der Waals surface area contributed by atoms with Gasteiger partial charge < -0.3 is 14.8 Å². The molecule has 4 rings (SSSR count). The Kier molecular flexibility index (Phi) is 5.69. The molecule has 160 valence electrons. The Hall–Kier alpha value is -2.97. The summed E-state index contributed by atoms with van der Waals surface area (Å²) in [5, 5.41) is 4.16. The molecule has 0 bridgehead atoms. The van der Waals surface area contributed by atoms with Gasteiger partial charge in [-0.05, 0) is 32.3 Å². The topological polar surface area (TPSA) is 104 Å². The second-order valence-corrected chi connectivity index (χ2v) is 7.88. The first kappa shape index (κ1) is 20.3. The first-order valence-electron chi connectivity index (χ1n) is 10.8. The summed E-state index contributed by atoms with van der Waals surface area (Å²) in [5.41, 5.74) is 1.58. The van der Waals surface area contributed by atoms with E-state index in [1.165, 1.54) is 0 Å². The molecule has 0 saturated carbocycles. The lowest BCUT2D eigenvalue weighted by molar-refractivity contribution is -0.132. The average molecular weight is 412 g/mol. The maximum atomic E-state index is 12.9. The lowest BCUT2D eigenvalue weighted by atomic mass is 10.1. The molecular weight excluding hydrogens is 384 g/mol. The summed E-state index contributed by atoms with van der Waals surface area (Å²) in [7, 11) is 0. The number of carbonyl (C=O) groups excluding carboxylic acids is 2. The summed E-state index contributed by atoms with van der Waals surface area (Å²) in [4.78, 5) is 49.4. The van der Waals surface area contributed by atoms with Crippen LogP contribution in [0.25, 0.3) is 0 Å². The highest BCUT2D eigenvalue weighted by atomic mass is 16.2. The molecule has 4 heterocycles. The minimum absolute atomic E-state index is 0.115. The molecule has 9 nitrogen and oxygen atoms in total. The van der Waals surface area contributed by atoms with Crippen molar-refractivity contribution in [1.29, 1.82) is 0 Å². The molecule has 2 aliphatic heterocycles. The van der Waals surface area contributed by atoms with Crippen LogP contribution < -0.4 is 5.56 Å². The van der Waals surface area contributed by atoms with E-state index in [2.05, 4.69) is 10.1 Å². The minimum atomic E-state index is -0.216. The molecule has 1 N–H and O–H groups in total. The van der Waals surface area contributed by atoms with Crippen molar-refractivity contribution in [2.45, 2.75) is 65.1 Å². The molecule has 1 saturated heterocycles. The number of rotatable bonds is 5. The van der Waals surface area contributed by atoms with Gasteiger partial charge in [-0.15, -0.1) is 0 Å². The van der Waals surface area contributed by atoms with Crippen molar-refractivity contribution in [2.24, 2.45) is 0 Å². The van der Waals surface area contributed by atoms with Crippen molar-refractivity contribution in [3.63, 3.8) is 0 Å². The highest BCUT2D eigenvalue weighted by Crippen LogP contribution is 2.31. The van der Waals surface area contributed by atoms with Gasteiger partial charge in [-0.3, -0.25) is 19.1 Å². The van der Waals surface area contributed by atoms with Crippen molar-refractivity contribution < 1.29 is 9.59 Å². The predicted molar refractivity (Wildman–Crippen MR) is 110 cm³/mol. The van der Waals surface area contributed by atoms with Crippen molar-refractivity contribution >= 4 is 11.8 Å². The van der Waals surface area contributed by atoms with Gasteiger partial charge >= 0.3 is 0 Å². The molecule has 0 aliphatic carbocycles. The number of H-pyrrole nitrogens is 1. The summed E-state index contributed by atoms with van der Waals surface area (Å²) in [6.45, 7) is 5.97. The molecular formula is C21H28N6O3. The number of amides is 2. The number of aromatic amines is 1. The van der Waals surface area contributed by atoms with Gasteiger partial charge in [-0.2, -0.15) is 5.10 Å². The quantitative estimate of drug-likeness (QED) is 0.804. The van der Waals surface area contributed by atoms with Crippen LogP contribution in [0.5, 0.6) is 0 Å². The largest absolute Gasteiger partial charge is 0.333 e. The standard InChI is InChI=1S/C21H28N6O3/c1-3-6-18(28)26-11-5-7-16(26)19-23-15-9-12-25(13-14(15)20(29)24-19)21(30)17-8-10-22-27(17)4-2/h8,10,16H,3-7,9,11-13H2,1-2H3,(H,23,24,29). The zero-order valence-corrected chi connectivity index (χ0v) is 17.6. The van der Waals surface area contributed by atoms with Crippen molar-refractivity contribution in [3.8, 4) is 0 Å². The Morgan fingerprint density at radius 2 is 2.10 bits per heavy atom. The van der Waals surface area contributed by atoms with Crippen molar-refractivity contribution in [3.05, 3.63) is 45.4 Å². The normalized spacial score (nSPS) is 18.5. The third-order valence-corrected chi connectivity index (χ3v) is 5.96. The lowest BCUT2D eigenvalue weighted by Crippen LogP contribution is -2.41. The molecule has 0 spiro atoms. The molecule has 1 unspecified atom stereocenters. The summed E-state index contributed by atoms with van der Waals surface area (Å²) >= 11 is 0. The summed E-state index contributed by atoms with van der Waals surface area (Å²) in [5.74, 6) is 0.560. The van der Waals surface area contributed by atoms with Crippen LogP contribution in [-0.4, -0.2) is 54.5 Å². The van der Waals surface area contributed by atoms with Gasteiger partial charge in [0.1, 0.15) is 11.5 Å². The Morgan fingerprint density at radius 1 is 1.27 bits per heavy atom. The summed E-state index contributed by atoms with van der Waals surface area (Å²) in [6, 6.07) is 1.54. The van der Waals surface area contributed by atoms with Crippen LogP contribution in [0.2, 0.25) is 0 Å². The monoisotopic (exact) mass is 412 g/mol. The van der Waals surface area contributed by atoms with E-state index < -0.39 is 0 Å². The Morgan fingerprint density at radius 3 is 2.87 bits per heavy atom. The predicted octanol–water partition coefficient (Wildman–Crippen LogP) is 1.65. The zero-order valence-electron chi connectivity index (χ0n) is 17.6. The second-order valence-electron chi connectivity index (χ2n) is 7.88. The summed E-state index contributed by atoms with van der Waals surface area (Å²) in [6.07, 6.45) is 5.17. The van der Waals surface area contributed by atoms with E-state index in [0.29, 0.717) is 49.6 Å². The maximum Gasteiger partial charge on any atom is 0.272 e. The zero-order chi connectivity index (χ0) is 21.3. The first-order chi connectivity index (χ1) is 14.5. The van der Waals surface area contributed by atoms with Crippen LogP contribution in [0.3, 0.4) is 0 Å². The Bertz CT molecular complexity index is 1010. The third-order valence-electron chi connectivity index (χ3n) is 5.96. The fraction of sp³-hybridized carbons (Fsp3) is 0.571. The van der Waals surface area contributed by atoms with Crippen LogP contribution in [0.1, 0.15) is 73.1 Å². The van der Waals surface area contributed by atoms with Gasteiger partial charge in [0.25, 0.3) is 11.5 Å². The van der Waals surface area contributed by atoms with E-state index in [4.69, 9.17) is 4.98 Å². The Labute approximate surface area is 175 Å². The minimum Gasteiger partial charge on any atom is -0.333 e. The highest BCUT2D eigenvalue weighted by Gasteiger charge is 2.33. The molecule has 1 atom stereocenters. The fourth-order valence-electron chi connectivity index (χ4n) is 4.41. The molecule has 9 heteroatoms. The fourth-order valence-corrected chi connectivity index (χ4v) is 4.41. The van der Waals surface area contributed by atoms with Crippen LogP contribution >= 0.6 is 0 Å². The van der Waals surface area contributed by atoms with Gasteiger partial charge in [0.2, 0.25) is 5.91 Å². The molecule has 2 aromatic rings. The van der Waals surface area contributed by atoms with E-state index in [0.717, 1.165) is 25.0 Å². The Balaban J connectivity index is 1.56. The van der Waals surface area contributed by atoms with E-state index in [1.807, 2.05) is 18.7 Å². The molecule has 0 aromatic carbocycles. The van der Waals surface area contributed by atoms with E-state index in [1.54, 1.807) is 21.8 Å². The van der Waals surface area contributed by atoms with Gasteiger partial charge in [0.05, 0.1) is 23.8 Å². The number of nitrogens with one attached hydrogen (secondary N) is 1. The van der Waals surface area contributed by atoms with E-state index in [9.17, 15) is 14.4 Å². The smallest absolute Gasteiger partial charge is 0.272 e. The maximum absolute atomic E-state index is 12.9. The van der Waals surface area contributed by atoms with Crippen LogP contribution in [0.4, 0.5) is 0 Å². The lowest BCUT2D eigenvalue weighted by Gasteiger charge is -2.29. The molecule has 2 aliphatic rings.